The van der Waals surface area contributed by atoms with Crippen molar-refractivity contribution in [2.75, 3.05) is 6.61 Å². The van der Waals surface area contributed by atoms with Crippen LogP contribution in [0.1, 0.15) is 32.8 Å². The minimum Gasteiger partial charge on any atom is -0.493 e. The predicted octanol–water partition coefficient (Wildman–Crippen LogP) is 4.33. The van der Waals surface area contributed by atoms with Gasteiger partial charge in [-0.15, -0.1) is 11.8 Å². The summed E-state index contributed by atoms with van der Waals surface area (Å²) in [6, 6.07) is 5.78. The van der Waals surface area contributed by atoms with Crippen LogP contribution in [-0.2, 0) is 6.42 Å². The van der Waals surface area contributed by atoms with E-state index < -0.39 is 0 Å². The van der Waals surface area contributed by atoms with Crippen molar-refractivity contribution in [2.24, 2.45) is 5.92 Å². The molecule has 2 heteroatoms. The van der Waals surface area contributed by atoms with Crippen LogP contribution in [0.3, 0.4) is 0 Å². The van der Waals surface area contributed by atoms with Crippen LogP contribution in [0.15, 0.2) is 18.2 Å². The van der Waals surface area contributed by atoms with Crippen molar-refractivity contribution in [3.63, 3.8) is 0 Å². The smallest absolute Gasteiger partial charge is 0.122 e. The molecule has 0 heterocycles. The molecule has 0 aromatic heterocycles. The summed E-state index contributed by atoms with van der Waals surface area (Å²) in [5.41, 5.74) is 1.14. The predicted molar refractivity (Wildman–Crippen MR) is 73.6 cm³/mol. The Hall–Kier alpha value is -1.13. The molecule has 0 N–H and O–H groups in total. The van der Waals surface area contributed by atoms with E-state index in [-0.39, 0.29) is 0 Å². The van der Waals surface area contributed by atoms with Crippen LogP contribution in [0.2, 0.25) is 5.02 Å². The fourth-order valence-corrected chi connectivity index (χ4v) is 1.88. The zero-order valence-corrected chi connectivity index (χ0v) is 11.5. The second kappa shape index (κ2) is 7.25. The van der Waals surface area contributed by atoms with Crippen molar-refractivity contribution in [1.82, 2.24) is 0 Å². The standard InChI is InChI=1S/C15H19ClO/c1-4-6-12(3)10-13-11-14(16)7-8-15(13)17-9-5-2/h7-8,11-12H,5,9-10H2,1-3H3. The molecule has 1 atom stereocenters. The lowest BCUT2D eigenvalue weighted by Crippen LogP contribution is -2.02. The van der Waals surface area contributed by atoms with E-state index in [1.165, 1.54) is 0 Å². The molecule has 1 aromatic carbocycles. The molecule has 0 saturated heterocycles. The molecule has 0 fully saturated rings. The monoisotopic (exact) mass is 250 g/mol. The lowest BCUT2D eigenvalue weighted by atomic mass is 10.0. The Morgan fingerprint density at radius 2 is 2.18 bits per heavy atom. The Kier molecular flexibility index (Phi) is 5.94. The quantitative estimate of drug-likeness (QED) is 0.707. The van der Waals surface area contributed by atoms with Crippen molar-refractivity contribution < 1.29 is 4.74 Å². The molecule has 0 saturated carbocycles. The largest absolute Gasteiger partial charge is 0.493 e. The Balaban J connectivity index is 2.85. The van der Waals surface area contributed by atoms with Gasteiger partial charge in [0.15, 0.2) is 0 Å². The maximum absolute atomic E-state index is 6.02. The van der Waals surface area contributed by atoms with Gasteiger partial charge in [-0.25, -0.2) is 0 Å². The molecule has 0 aliphatic carbocycles. The van der Waals surface area contributed by atoms with Gasteiger partial charge in [0, 0.05) is 10.9 Å². The van der Waals surface area contributed by atoms with E-state index in [9.17, 15) is 0 Å². The SMILES string of the molecule is CC#CC(C)Cc1cc(Cl)ccc1OCCC. The van der Waals surface area contributed by atoms with Crippen molar-refractivity contribution in [3.05, 3.63) is 28.8 Å². The number of halogens is 1. The van der Waals surface area contributed by atoms with Gasteiger partial charge in [0.1, 0.15) is 5.75 Å². The number of benzene rings is 1. The maximum atomic E-state index is 6.02. The first-order valence-electron chi connectivity index (χ1n) is 6.00. The molecular formula is C15H19ClO. The van der Waals surface area contributed by atoms with Crippen LogP contribution in [0.4, 0.5) is 0 Å². The molecule has 0 bridgehead atoms. The van der Waals surface area contributed by atoms with Gasteiger partial charge in [0.25, 0.3) is 0 Å². The lowest BCUT2D eigenvalue weighted by molar-refractivity contribution is 0.313. The highest BCUT2D eigenvalue weighted by atomic mass is 35.5. The van der Waals surface area contributed by atoms with Crippen molar-refractivity contribution in [1.29, 1.82) is 0 Å². The lowest BCUT2D eigenvalue weighted by Gasteiger charge is -2.12. The molecule has 0 spiro atoms. The molecular weight excluding hydrogens is 232 g/mol. The van der Waals surface area contributed by atoms with Crippen molar-refractivity contribution in [2.45, 2.75) is 33.6 Å². The van der Waals surface area contributed by atoms with Gasteiger partial charge < -0.3 is 4.74 Å². The van der Waals surface area contributed by atoms with Crippen molar-refractivity contribution in [3.8, 4) is 17.6 Å². The molecule has 0 aliphatic heterocycles. The van der Waals surface area contributed by atoms with Gasteiger partial charge in [0.2, 0.25) is 0 Å². The average molecular weight is 251 g/mol. The second-order valence-corrected chi connectivity index (χ2v) is 4.54. The Morgan fingerprint density at radius 3 is 2.82 bits per heavy atom. The summed E-state index contributed by atoms with van der Waals surface area (Å²) in [5, 5.41) is 0.750. The molecule has 0 radical (unpaired) electrons. The second-order valence-electron chi connectivity index (χ2n) is 4.10. The van der Waals surface area contributed by atoms with E-state index in [2.05, 4.69) is 25.7 Å². The minimum absolute atomic E-state index is 0.322. The van der Waals surface area contributed by atoms with Crippen LogP contribution in [0.25, 0.3) is 0 Å². The first kappa shape index (κ1) is 13.9. The van der Waals surface area contributed by atoms with Crippen molar-refractivity contribution >= 4 is 11.6 Å². The molecule has 0 aliphatic rings. The summed E-state index contributed by atoms with van der Waals surface area (Å²) < 4.78 is 5.71. The summed E-state index contributed by atoms with van der Waals surface area (Å²) >= 11 is 6.02. The molecule has 1 unspecified atom stereocenters. The average Bonchev–Trinajstić information content (AvgIpc) is 2.28. The number of hydrogen-bond acceptors (Lipinski definition) is 1. The van der Waals surface area contributed by atoms with Crippen LogP contribution < -0.4 is 4.74 Å². The highest BCUT2D eigenvalue weighted by molar-refractivity contribution is 6.30. The van der Waals surface area contributed by atoms with E-state index in [1.807, 2.05) is 25.1 Å². The third-order valence-electron chi connectivity index (χ3n) is 2.40. The number of hydrogen-bond donors (Lipinski definition) is 0. The Bertz CT molecular complexity index is 415. The zero-order valence-electron chi connectivity index (χ0n) is 10.7. The summed E-state index contributed by atoms with van der Waals surface area (Å²) in [7, 11) is 0. The normalized spacial score (nSPS) is 11.5. The molecule has 92 valence electrons. The summed E-state index contributed by atoms with van der Waals surface area (Å²) in [6.07, 6.45) is 1.88. The third kappa shape index (κ3) is 4.71. The fraction of sp³-hybridized carbons (Fsp3) is 0.467. The third-order valence-corrected chi connectivity index (χ3v) is 2.64. The first-order chi connectivity index (χ1) is 8.17. The van der Waals surface area contributed by atoms with Gasteiger partial charge in [-0.05, 0) is 43.5 Å². The Morgan fingerprint density at radius 1 is 1.41 bits per heavy atom. The van der Waals surface area contributed by atoms with E-state index in [0.717, 1.165) is 35.8 Å². The van der Waals surface area contributed by atoms with Gasteiger partial charge in [-0.3, -0.25) is 0 Å². The minimum atomic E-state index is 0.322. The number of ether oxygens (including phenoxy) is 1. The molecule has 1 rings (SSSR count). The summed E-state index contributed by atoms with van der Waals surface area (Å²) in [4.78, 5) is 0. The molecule has 17 heavy (non-hydrogen) atoms. The van der Waals surface area contributed by atoms with Crippen LogP contribution in [-0.4, -0.2) is 6.61 Å². The fourth-order valence-electron chi connectivity index (χ4n) is 1.69. The van der Waals surface area contributed by atoms with Gasteiger partial charge in [0.05, 0.1) is 6.61 Å². The van der Waals surface area contributed by atoms with E-state index in [0.29, 0.717) is 5.92 Å². The number of rotatable bonds is 5. The van der Waals surface area contributed by atoms with Crippen LogP contribution in [0.5, 0.6) is 5.75 Å². The van der Waals surface area contributed by atoms with Gasteiger partial charge in [-0.2, -0.15) is 0 Å². The molecule has 0 amide bonds. The first-order valence-corrected chi connectivity index (χ1v) is 6.38. The summed E-state index contributed by atoms with van der Waals surface area (Å²) in [6.45, 7) is 6.81. The summed E-state index contributed by atoms with van der Waals surface area (Å²) in [5.74, 6) is 7.34. The Labute approximate surface area is 109 Å². The van der Waals surface area contributed by atoms with E-state index >= 15 is 0 Å². The molecule has 1 nitrogen and oxygen atoms in total. The molecule has 1 aromatic rings. The van der Waals surface area contributed by atoms with E-state index in [1.54, 1.807) is 0 Å². The maximum Gasteiger partial charge on any atom is 0.122 e. The van der Waals surface area contributed by atoms with Crippen LogP contribution in [0, 0.1) is 17.8 Å². The van der Waals surface area contributed by atoms with E-state index in [4.69, 9.17) is 16.3 Å². The highest BCUT2D eigenvalue weighted by Crippen LogP contribution is 2.25. The highest BCUT2D eigenvalue weighted by Gasteiger charge is 2.08. The van der Waals surface area contributed by atoms with Gasteiger partial charge >= 0.3 is 0 Å². The van der Waals surface area contributed by atoms with Gasteiger partial charge in [-0.1, -0.05) is 25.4 Å². The zero-order chi connectivity index (χ0) is 12.7. The topological polar surface area (TPSA) is 9.23 Å². The van der Waals surface area contributed by atoms with Crippen LogP contribution >= 0.6 is 11.6 Å².